The van der Waals surface area contributed by atoms with Crippen LogP contribution in [0.25, 0.3) is 0 Å². The third kappa shape index (κ3) is 2.28. The van der Waals surface area contributed by atoms with E-state index in [9.17, 15) is 0 Å². The highest BCUT2D eigenvalue weighted by Crippen LogP contribution is 2.22. The minimum Gasteiger partial charge on any atom is -0.296 e. The van der Waals surface area contributed by atoms with Crippen LogP contribution in [0, 0.1) is 6.92 Å². The molecule has 2 aromatic rings. The molecule has 3 nitrogen and oxygen atoms in total. The van der Waals surface area contributed by atoms with Crippen molar-refractivity contribution in [3.63, 3.8) is 0 Å². The minimum absolute atomic E-state index is 0.334. The second-order valence-electron chi connectivity index (χ2n) is 4.08. The first kappa shape index (κ1) is 11.6. The molecule has 0 atom stereocenters. The topological polar surface area (TPSA) is 30.7 Å². The van der Waals surface area contributed by atoms with Crippen molar-refractivity contribution >= 4 is 22.9 Å². The highest BCUT2D eigenvalue weighted by Gasteiger charge is 2.14. The van der Waals surface area contributed by atoms with Crippen LogP contribution in [0.3, 0.4) is 0 Å². The van der Waals surface area contributed by atoms with Gasteiger partial charge in [0, 0.05) is 15.7 Å². The highest BCUT2D eigenvalue weighted by molar-refractivity contribution is 7.11. The number of thiophene rings is 1. The number of hydrogen-bond acceptors (Lipinski definition) is 3. The molecule has 0 bridgehead atoms. The standard InChI is InChI=1S/C11H14ClN3S/c1-7(2)10-13-14-11(12)15(10)6-9-5-4-8(3)16-9/h4-5,7H,6H2,1-3H3. The zero-order valence-corrected chi connectivity index (χ0v) is 11.1. The van der Waals surface area contributed by atoms with E-state index in [0.717, 1.165) is 12.4 Å². The number of nitrogens with zero attached hydrogens (tertiary/aromatic N) is 3. The average Bonchev–Trinajstić information content (AvgIpc) is 2.76. The summed E-state index contributed by atoms with van der Waals surface area (Å²) < 4.78 is 1.97. The summed E-state index contributed by atoms with van der Waals surface area (Å²) in [6.07, 6.45) is 0. The molecule has 0 saturated carbocycles. The lowest BCUT2D eigenvalue weighted by atomic mass is 10.2. The molecule has 0 aliphatic carbocycles. The van der Waals surface area contributed by atoms with Gasteiger partial charge in [0.25, 0.3) is 0 Å². The number of halogens is 1. The third-order valence-corrected chi connectivity index (χ3v) is 3.63. The summed E-state index contributed by atoms with van der Waals surface area (Å²) in [4.78, 5) is 2.59. The molecule has 0 fully saturated rings. The number of aromatic nitrogens is 3. The van der Waals surface area contributed by atoms with Gasteiger partial charge in [-0.25, -0.2) is 0 Å². The summed E-state index contributed by atoms with van der Waals surface area (Å²) in [6, 6.07) is 4.24. The van der Waals surface area contributed by atoms with Crippen LogP contribution in [0.5, 0.6) is 0 Å². The number of rotatable bonds is 3. The van der Waals surface area contributed by atoms with E-state index < -0.39 is 0 Å². The zero-order valence-electron chi connectivity index (χ0n) is 9.57. The molecule has 0 aliphatic heterocycles. The quantitative estimate of drug-likeness (QED) is 0.841. The van der Waals surface area contributed by atoms with Gasteiger partial charge < -0.3 is 0 Å². The molecule has 0 N–H and O–H groups in total. The Balaban J connectivity index is 2.30. The van der Waals surface area contributed by atoms with E-state index in [1.54, 1.807) is 11.3 Å². The van der Waals surface area contributed by atoms with Crippen LogP contribution in [-0.4, -0.2) is 14.8 Å². The van der Waals surface area contributed by atoms with Crippen LogP contribution < -0.4 is 0 Å². The molecular formula is C11H14ClN3S. The van der Waals surface area contributed by atoms with Gasteiger partial charge in [0.2, 0.25) is 5.28 Å². The van der Waals surface area contributed by atoms with E-state index in [0.29, 0.717) is 11.2 Å². The van der Waals surface area contributed by atoms with E-state index in [2.05, 4.69) is 43.1 Å². The summed E-state index contributed by atoms with van der Waals surface area (Å²) in [6.45, 7) is 7.05. The summed E-state index contributed by atoms with van der Waals surface area (Å²) in [7, 11) is 0. The van der Waals surface area contributed by atoms with Gasteiger partial charge in [-0.2, -0.15) is 0 Å². The Morgan fingerprint density at radius 1 is 1.38 bits per heavy atom. The van der Waals surface area contributed by atoms with Crippen LogP contribution in [0.1, 0.15) is 35.3 Å². The Bertz CT molecular complexity index is 487. The fraction of sp³-hybridized carbons (Fsp3) is 0.455. The van der Waals surface area contributed by atoms with Crippen LogP contribution >= 0.6 is 22.9 Å². The Morgan fingerprint density at radius 2 is 2.12 bits per heavy atom. The number of aryl methyl sites for hydroxylation is 1. The Kier molecular flexibility index (Phi) is 3.30. The second-order valence-corrected chi connectivity index (χ2v) is 5.79. The van der Waals surface area contributed by atoms with Crippen LogP contribution in [0.2, 0.25) is 5.28 Å². The molecule has 2 aromatic heterocycles. The molecule has 2 rings (SSSR count). The predicted molar refractivity (Wildman–Crippen MR) is 67.3 cm³/mol. The molecule has 86 valence electrons. The molecule has 16 heavy (non-hydrogen) atoms. The maximum atomic E-state index is 6.04. The van der Waals surface area contributed by atoms with Crippen LogP contribution in [0.4, 0.5) is 0 Å². The summed E-state index contributed by atoms with van der Waals surface area (Å²) >= 11 is 7.82. The van der Waals surface area contributed by atoms with Crippen molar-refractivity contribution in [2.75, 3.05) is 0 Å². The van der Waals surface area contributed by atoms with E-state index in [1.165, 1.54) is 9.75 Å². The predicted octanol–water partition coefficient (Wildman–Crippen LogP) is 3.47. The molecule has 0 amide bonds. The fourth-order valence-corrected chi connectivity index (χ4v) is 2.66. The number of hydrogen-bond donors (Lipinski definition) is 0. The van der Waals surface area contributed by atoms with Crippen LogP contribution in [-0.2, 0) is 6.54 Å². The maximum absolute atomic E-state index is 6.04. The van der Waals surface area contributed by atoms with Crippen molar-refractivity contribution < 1.29 is 0 Å². The average molecular weight is 256 g/mol. The largest absolute Gasteiger partial charge is 0.296 e. The smallest absolute Gasteiger partial charge is 0.225 e. The highest BCUT2D eigenvalue weighted by atomic mass is 35.5. The monoisotopic (exact) mass is 255 g/mol. The molecule has 0 radical (unpaired) electrons. The van der Waals surface area contributed by atoms with Crippen molar-refractivity contribution in [1.29, 1.82) is 0 Å². The molecule has 0 aliphatic rings. The minimum atomic E-state index is 0.334. The Hall–Kier alpha value is -0.870. The van der Waals surface area contributed by atoms with E-state index >= 15 is 0 Å². The zero-order chi connectivity index (χ0) is 11.7. The van der Waals surface area contributed by atoms with Crippen molar-refractivity contribution in [3.05, 3.63) is 33.0 Å². The van der Waals surface area contributed by atoms with Crippen molar-refractivity contribution in [3.8, 4) is 0 Å². The lowest BCUT2D eigenvalue weighted by Gasteiger charge is -2.08. The molecule has 0 spiro atoms. The van der Waals surface area contributed by atoms with Crippen molar-refractivity contribution in [2.24, 2.45) is 0 Å². The molecule has 2 heterocycles. The molecule has 0 saturated heterocycles. The van der Waals surface area contributed by atoms with E-state index in [4.69, 9.17) is 11.6 Å². The van der Waals surface area contributed by atoms with Gasteiger partial charge in [-0.05, 0) is 30.7 Å². The second kappa shape index (κ2) is 4.55. The van der Waals surface area contributed by atoms with Gasteiger partial charge in [-0.3, -0.25) is 4.57 Å². The summed E-state index contributed by atoms with van der Waals surface area (Å²) in [5.41, 5.74) is 0. The summed E-state index contributed by atoms with van der Waals surface area (Å²) in [5, 5.41) is 8.50. The first-order valence-electron chi connectivity index (χ1n) is 5.22. The maximum Gasteiger partial charge on any atom is 0.225 e. The lowest BCUT2D eigenvalue weighted by Crippen LogP contribution is -2.05. The van der Waals surface area contributed by atoms with E-state index in [1.807, 2.05) is 4.57 Å². The summed E-state index contributed by atoms with van der Waals surface area (Å²) in [5.74, 6) is 1.28. The van der Waals surface area contributed by atoms with Gasteiger partial charge in [0.05, 0.1) is 6.54 Å². The Labute approximate surface area is 104 Å². The molecule has 0 aromatic carbocycles. The van der Waals surface area contributed by atoms with Gasteiger partial charge >= 0.3 is 0 Å². The van der Waals surface area contributed by atoms with Gasteiger partial charge in [-0.1, -0.05) is 13.8 Å². The third-order valence-electron chi connectivity index (χ3n) is 2.36. The van der Waals surface area contributed by atoms with Crippen molar-refractivity contribution in [2.45, 2.75) is 33.2 Å². The fourth-order valence-electron chi connectivity index (χ4n) is 1.59. The van der Waals surface area contributed by atoms with Gasteiger partial charge in [0.1, 0.15) is 5.82 Å². The van der Waals surface area contributed by atoms with Gasteiger partial charge in [-0.15, -0.1) is 21.5 Å². The normalized spacial score (nSPS) is 11.3. The Morgan fingerprint density at radius 3 is 2.69 bits per heavy atom. The van der Waals surface area contributed by atoms with Crippen molar-refractivity contribution in [1.82, 2.24) is 14.8 Å². The van der Waals surface area contributed by atoms with E-state index in [-0.39, 0.29) is 0 Å². The van der Waals surface area contributed by atoms with Crippen LogP contribution in [0.15, 0.2) is 12.1 Å². The first-order valence-corrected chi connectivity index (χ1v) is 6.41. The molecule has 5 heteroatoms. The van der Waals surface area contributed by atoms with Gasteiger partial charge in [0.15, 0.2) is 0 Å². The molecule has 0 unspecified atom stereocenters. The SMILES string of the molecule is Cc1ccc(Cn2c(Cl)nnc2C(C)C)s1. The first-order chi connectivity index (χ1) is 7.58. The lowest BCUT2D eigenvalue weighted by molar-refractivity contribution is 0.674. The molecular weight excluding hydrogens is 242 g/mol.